The molecule has 44 heavy (non-hydrogen) atoms. The number of aromatic nitrogens is 2. The average molecular weight is 611 g/mol. The van der Waals surface area contributed by atoms with E-state index in [4.69, 9.17) is 14.2 Å². The topological polar surface area (TPSA) is 148 Å². The summed E-state index contributed by atoms with van der Waals surface area (Å²) in [5.41, 5.74) is -6.63. The second-order valence-corrected chi connectivity index (χ2v) is 12.9. The number of ketones is 2. The molecule has 7 rings (SSSR count). The zero-order chi connectivity index (χ0) is 31.2. The molecule has 3 N–H and O–H groups in total. The van der Waals surface area contributed by atoms with Gasteiger partial charge in [0.15, 0.2) is 29.1 Å². The predicted octanol–water partition coefficient (Wildman–Crippen LogP) is 3.21. The molecule has 0 amide bonds. The zero-order valence-electron chi connectivity index (χ0n) is 24.0. The Kier molecular flexibility index (Phi) is 6.43. The van der Waals surface area contributed by atoms with E-state index >= 15 is 8.78 Å². The van der Waals surface area contributed by atoms with Gasteiger partial charge in [0, 0.05) is 34.4 Å². The highest BCUT2D eigenvalue weighted by Gasteiger charge is 2.80. The molecule has 2 heterocycles. The van der Waals surface area contributed by atoms with Gasteiger partial charge in [-0.15, -0.1) is 5.10 Å². The van der Waals surface area contributed by atoms with E-state index in [9.17, 15) is 24.6 Å². The summed E-state index contributed by atoms with van der Waals surface area (Å²) in [5, 5.41) is 27.8. The Morgan fingerprint density at radius 3 is 2.57 bits per heavy atom. The summed E-state index contributed by atoms with van der Waals surface area (Å²) in [6.45, 7) is 2.38. The van der Waals surface area contributed by atoms with Crippen molar-refractivity contribution in [3.05, 3.63) is 76.1 Å². The van der Waals surface area contributed by atoms with Crippen molar-refractivity contribution >= 4 is 11.6 Å². The summed E-state index contributed by atoms with van der Waals surface area (Å²) in [6.07, 6.45) is -1.80. The van der Waals surface area contributed by atoms with Crippen LogP contribution in [0, 0.1) is 22.7 Å². The predicted molar refractivity (Wildman–Crippen MR) is 149 cm³/mol. The van der Waals surface area contributed by atoms with Gasteiger partial charge in [-0.05, 0) is 62.0 Å². The second-order valence-electron chi connectivity index (χ2n) is 12.9. The van der Waals surface area contributed by atoms with E-state index in [-0.39, 0.29) is 36.3 Å². The molecule has 5 aliphatic rings. The number of carbonyl (C=O) groups excluding carboxylic acids is 2. The van der Waals surface area contributed by atoms with Gasteiger partial charge in [-0.25, -0.2) is 13.9 Å². The number of fused-ring (bicyclic) bond motifs is 7. The summed E-state index contributed by atoms with van der Waals surface area (Å²) in [4.78, 5) is 37.0. The number of aliphatic hydroxyl groups excluding tert-OH is 2. The van der Waals surface area contributed by atoms with Crippen LogP contribution in [0.5, 0.6) is 11.6 Å². The van der Waals surface area contributed by atoms with Gasteiger partial charge in [0.2, 0.25) is 5.88 Å². The van der Waals surface area contributed by atoms with Crippen LogP contribution in [0.25, 0.3) is 0 Å². The molecule has 0 bridgehead atoms. The fourth-order valence-electron chi connectivity index (χ4n) is 8.92. The summed E-state index contributed by atoms with van der Waals surface area (Å²) in [7, 11) is 0. The van der Waals surface area contributed by atoms with E-state index in [0.29, 0.717) is 11.3 Å². The van der Waals surface area contributed by atoms with Crippen molar-refractivity contribution in [1.82, 2.24) is 10.2 Å². The van der Waals surface area contributed by atoms with Crippen molar-refractivity contribution in [3.63, 3.8) is 0 Å². The maximum absolute atomic E-state index is 17.5. The number of halogens is 2. The minimum absolute atomic E-state index is 0.0158. The minimum atomic E-state index is -2.32. The van der Waals surface area contributed by atoms with E-state index < -0.39 is 76.8 Å². The number of aliphatic hydroxyl groups is 2. The third kappa shape index (κ3) is 3.71. The zero-order valence-corrected chi connectivity index (χ0v) is 24.0. The SMILES string of the molecule is C[C@]12C=CC(=O)C=C1[C@@H](F)C[C@H]1[C@@H]3C[C@H]4O[C@@H](c5ccc(Oc6ccc(=O)[nH]n6)cc5)O[C@@]4(C(=O)CO)[C@@]3(C)C[C@H](O)[C@@]12F. The highest BCUT2D eigenvalue weighted by molar-refractivity contribution is 6.01. The van der Waals surface area contributed by atoms with Crippen LogP contribution in [0.2, 0.25) is 0 Å². The summed E-state index contributed by atoms with van der Waals surface area (Å²) in [5.74, 6) is -2.16. The molecule has 3 saturated carbocycles. The Balaban J connectivity index is 1.21. The molecular weight excluding hydrogens is 578 g/mol. The highest BCUT2D eigenvalue weighted by Crippen LogP contribution is 2.72. The van der Waals surface area contributed by atoms with Crippen molar-refractivity contribution in [3.8, 4) is 11.6 Å². The second kappa shape index (κ2) is 9.71. The minimum Gasteiger partial charge on any atom is -0.438 e. The Hall–Kier alpha value is -3.58. The first-order valence-electron chi connectivity index (χ1n) is 14.6. The lowest BCUT2D eigenvalue weighted by molar-refractivity contribution is -0.235. The molecule has 1 saturated heterocycles. The Morgan fingerprint density at radius 1 is 1.14 bits per heavy atom. The first-order valence-corrected chi connectivity index (χ1v) is 14.6. The molecule has 1 aliphatic heterocycles. The van der Waals surface area contributed by atoms with Crippen LogP contribution < -0.4 is 10.3 Å². The van der Waals surface area contributed by atoms with E-state index in [0.717, 1.165) is 6.08 Å². The van der Waals surface area contributed by atoms with Crippen molar-refractivity contribution < 1.29 is 42.8 Å². The van der Waals surface area contributed by atoms with Gasteiger partial charge >= 0.3 is 0 Å². The maximum Gasteiger partial charge on any atom is 0.264 e. The summed E-state index contributed by atoms with van der Waals surface area (Å²) >= 11 is 0. The van der Waals surface area contributed by atoms with Gasteiger partial charge in [-0.1, -0.05) is 25.1 Å². The standard InChI is InChI=1S/C32H32F2N2O8/c1-29-10-9-17(38)11-21(29)22(33)12-20-19-13-25-32(24(40)15-37,30(19,2)14-23(39)31(20,29)34)44-28(43-25)16-3-5-18(6-4-16)42-27-8-7-26(41)35-36-27/h3-11,19-20,22-23,25,28,37,39H,12-15H2,1-2H3,(H,35,41)/t19-,20-,22-,23-,25+,28+,29-,30-,31-,32+/m0/s1. The molecule has 10 nitrogen and oxygen atoms in total. The lowest BCUT2D eigenvalue weighted by Gasteiger charge is -2.63. The van der Waals surface area contributed by atoms with Gasteiger partial charge in [-0.2, -0.15) is 0 Å². The maximum atomic E-state index is 17.5. The number of allylic oxidation sites excluding steroid dienone is 4. The van der Waals surface area contributed by atoms with Crippen LogP contribution in [-0.4, -0.2) is 68.2 Å². The van der Waals surface area contributed by atoms with Gasteiger partial charge < -0.3 is 24.4 Å². The molecule has 0 radical (unpaired) electrons. The highest BCUT2D eigenvalue weighted by atomic mass is 19.1. The number of aromatic amines is 1. The first kappa shape index (κ1) is 29.1. The number of hydrogen-bond acceptors (Lipinski definition) is 9. The van der Waals surface area contributed by atoms with Gasteiger partial charge in [0.25, 0.3) is 5.56 Å². The molecule has 1 aromatic carbocycles. The Labute approximate surface area is 250 Å². The number of H-pyrrole nitrogens is 1. The normalized spacial score (nSPS) is 42.1. The number of hydrogen-bond donors (Lipinski definition) is 3. The molecule has 2 aromatic rings. The molecule has 232 valence electrons. The van der Waals surface area contributed by atoms with Gasteiger partial charge in [-0.3, -0.25) is 14.4 Å². The van der Waals surface area contributed by atoms with Crippen LogP contribution in [0.1, 0.15) is 45.0 Å². The largest absolute Gasteiger partial charge is 0.438 e. The van der Waals surface area contributed by atoms with Crippen molar-refractivity contribution in [2.24, 2.45) is 22.7 Å². The molecule has 4 fully saturated rings. The number of ether oxygens (including phenoxy) is 3. The fourth-order valence-corrected chi connectivity index (χ4v) is 8.92. The molecule has 0 spiro atoms. The smallest absolute Gasteiger partial charge is 0.264 e. The number of benzene rings is 1. The van der Waals surface area contributed by atoms with E-state index in [1.54, 1.807) is 31.2 Å². The van der Waals surface area contributed by atoms with E-state index in [1.165, 1.54) is 31.2 Å². The number of nitrogens with one attached hydrogen (secondary N) is 1. The number of Topliss-reactive ketones (excluding diaryl/α,β-unsaturated/α-hetero) is 1. The van der Waals surface area contributed by atoms with Crippen LogP contribution >= 0.6 is 0 Å². The number of alkyl halides is 2. The Bertz CT molecular complexity index is 1640. The number of nitrogens with zero attached hydrogens (tertiary/aromatic N) is 1. The summed E-state index contributed by atoms with van der Waals surface area (Å²) in [6, 6.07) is 9.31. The van der Waals surface area contributed by atoms with Crippen molar-refractivity contribution in [2.75, 3.05) is 6.61 Å². The molecule has 1 aromatic heterocycles. The van der Waals surface area contributed by atoms with Crippen molar-refractivity contribution in [2.45, 2.75) is 69.0 Å². The van der Waals surface area contributed by atoms with E-state index in [2.05, 4.69) is 10.2 Å². The lowest BCUT2D eigenvalue weighted by atomic mass is 9.44. The number of rotatable bonds is 5. The number of carbonyl (C=O) groups is 2. The molecule has 12 heteroatoms. The molecule has 4 aliphatic carbocycles. The molecule has 10 atom stereocenters. The third-order valence-electron chi connectivity index (χ3n) is 11.0. The third-order valence-corrected chi connectivity index (χ3v) is 11.0. The van der Waals surface area contributed by atoms with Crippen LogP contribution in [0.4, 0.5) is 8.78 Å². The van der Waals surface area contributed by atoms with Crippen molar-refractivity contribution in [1.29, 1.82) is 0 Å². The van der Waals surface area contributed by atoms with Crippen LogP contribution in [0.3, 0.4) is 0 Å². The van der Waals surface area contributed by atoms with Gasteiger partial charge in [0.1, 0.15) is 18.5 Å². The lowest BCUT2D eigenvalue weighted by Crippen LogP contribution is -2.70. The monoisotopic (exact) mass is 610 g/mol. The Morgan fingerprint density at radius 2 is 1.89 bits per heavy atom. The quantitative estimate of drug-likeness (QED) is 0.464. The van der Waals surface area contributed by atoms with Crippen LogP contribution in [-0.2, 0) is 19.1 Å². The molecular formula is C32H32F2N2O8. The summed E-state index contributed by atoms with van der Waals surface area (Å²) < 4.78 is 51.7. The van der Waals surface area contributed by atoms with E-state index in [1.807, 2.05) is 0 Å². The van der Waals surface area contributed by atoms with Crippen LogP contribution in [0.15, 0.2) is 65.0 Å². The average Bonchev–Trinajstić information content (AvgIpc) is 3.50. The fraction of sp³-hybridized carbons (Fsp3) is 0.500. The molecule has 0 unspecified atom stereocenters. The first-order chi connectivity index (χ1) is 20.9. The van der Waals surface area contributed by atoms with Gasteiger partial charge in [0.05, 0.1) is 12.2 Å².